The molecular weight excluding hydrogens is 324 g/mol. The zero-order chi connectivity index (χ0) is 17.9. The van der Waals surface area contributed by atoms with Crippen molar-refractivity contribution in [2.45, 2.75) is 6.54 Å². The molecule has 0 aliphatic carbocycles. The fourth-order valence-corrected chi connectivity index (χ4v) is 3.27. The smallest absolute Gasteiger partial charge is 0.288 e. The van der Waals surface area contributed by atoms with Crippen molar-refractivity contribution in [2.75, 3.05) is 14.2 Å². The number of hydrogen-bond acceptors (Lipinski definition) is 2. The van der Waals surface area contributed by atoms with Crippen molar-refractivity contribution in [3.8, 4) is 22.9 Å². The SMILES string of the molecule is COc1ccc(-c2[nH]c3ccccc3[n+]2Cc2ccccc2)cc1OC. The van der Waals surface area contributed by atoms with Crippen molar-refractivity contribution in [3.05, 3.63) is 78.4 Å². The fourth-order valence-electron chi connectivity index (χ4n) is 3.27. The molecule has 0 aliphatic heterocycles. The minimum Gasteiger partial charge on any atom is -0.493 e. The highest BCUT2D eigenvalue weighted by atomic mass is 16.5. The lowest BCUT2D eigenvalue weighted by molar-refractivity contribution is -0.651. The molecule has 0 unspecified atom stereocenters. The highest BCUT2D eigenvalue weighted by Gasteiger charge is 2.21. The predicted octanol–water partition coefficient (Wildman–Crippen LogP) is 4.19. The van der Waals surface area contributed by atoms with Crippen LogP contribution in [0.1, 0.15) is 5.56 Å². The Hall–Kier alpha value is -3.27. The van der Waals surface area contributed by atoms with E-state index in [0.29, 0.717) is 0 Å². The molecule has 0 amide bonds. The Morgan fingerprint density at radius 3 is 2.31 bits per heavy atom. The molecule has 26 heavy (non-hydrogen) atoms. The molecule has 4 heteroatoms. The number of aromatic nitrogens is 2. The Kier molecular flexibility index (Phi) is 4.32. The van der Waals surface area contributed by atoms with Gasteiger partial charge < -0.3 is 9.47 Å². The Balaban J connectivity index is 1.88. The molecule has 0 radical (unpaired) electrons. The van der Waals surface area contributed by atoms with E-state index in [9.17, 15) is 0 Å². The van der Waals surface area contributed by atoms with Crippen molar-refractivity contribution in [1.82, 2.24) is 4.98 Å². The quantitative estimate of drug-likeness (QED) is 0.551. The van der Waals surface area contributed by atoms with Gasteiger partial charge in [0.1, 0.15) is 6.54 Å². The first-order valence-corrected chi connectivity index (χ1v) is 8.57. The van der Waals surface area contributed by atoms with Crippen molar-refractivity contribution in [2.24, 2.45) is 0 Å². The summed E-state index contributed by atoms with van der Waals surface area (Å²) in [5.41, 5.74) is 4.58. The second kappa shape index (κ2) is 6.92. The van der Waals surface area contributed by atoms with Gasteiger partial charge in [-0.1, -0.05) is 42.5 Å². The zero-order valence-corrected chi connectivity index (χ0v) is 14.9. The number of nitrogens with one attached hydrogen (secondary N) is 1. The molecule has 0 saturated carbocycles. The average molecular weight is 345 g/mol. The first kappa shape index (κ1) is 16.2. The van der Waals surface area contributed by atoms with Crippen LogP contribution in [-0.4, -0.2) is 19.2 Å². The topological polar surface area (TPSA) is 38.1 Å². The highest BCUT2D eigenvalue weighted by Crippen LogP contribution is 2.31. The second-order valence-electron chi connectivity index (χ2n) is 6.13. The van der Waals surface area contributed by atoms with Gasteiger partial charge in [-0.2, -0.15) is 0 Å². The van der Waals surface area contributed by atoms with E-state index in [2.05, 4.69) is 52.0 Å². The second-order valence-corrected chi connectivity index (χ2v) is 6.13. The molecule has 0 bridgehead atoms. The van der Waals surface area contributed by atoms with Crippen molar-refractivity contribution >= 4 is 11.0 Å². The summed E-state index contributed by atoms with van der Waals surface area (Å²) in [5.74, 6) is 2.48. The first-order valence-electron chi connectivity index (χ1n) is 8.57. The van der Waals surface area contributed by atoms with Crippen molar-refractivity contribution < 1.29 is 14.0 Å². The summed E-state index contributed by atoms with van der Waals surface area (Å²) in [6.45, 7) is 0.786. The molecule has 4 aromatic rings. The van der Waals surface area contributed by atoms with E-state index in [1.807, 2.05) is 30.3 Å². The van der Waals surface area contributed by atoms with Gasteiger partial charge in [0.25, 0.3) is 5.82 Å². The number of rotatable bonds is 5. The molecule has 4 nitrogen and oxygen atoms in total. The molecule has 3 aromatic carbocycles. The number of methoxy groups -OCH3 is 2. The van der Waals surface area contributed by atoms with Crippen LogP contribution in [0.25, 0.3) is 22.4 Å². The van der Waals surface area contributed by atoms with E-state index in [1.54, 1.807) is 14.2 Å². The van der Waals surface area contributed by atoms with Gasteiger partial charge in [0.05, 0.1) is 19.8 Å². The molecule has 0 aliphatic rings. The van der Waals surface area contributed by atoms with Crippen molar-refractivity contribution in [1.29, 1.82) is 0 Å². The maximum absolute atomic E-state index is 5.48. The van der Waals surface area contributed by atoms with E-state index in [1.165, 1.54) is 11.1 Å². The molecule has 1 aromatic heterocycles. The van der Waals surface area contributed by atoms with Gasteiger partial charge >= 0.3 is 0 Å². The summed E-state index contributed by atoms with van der Waals surface area (Å²) >= 11 is 0. The van der Waals surface area contributed by atoms with E-state index in [0.717, 1.165) is 34.9 Å². The van der Waals surface area contributed by atoms with Crippen LogP contribution in [-0.2, 0) is 6.54 Å². The Bertz CT molecular complexity index is 1040. The summed E-state index contributed by atoms with van der Waals surface area (Å²) < 4.78 is 13.1. The minimum absolute atomic E-state index is 0.718. The van der Waals surface area contributed by atoms with E-state index < -0.39 is 0 Å². The monoisotopic (exact) mass is 345 g/mol. The van der Waals surface area contributed by atoms with Crippen LogP contribution in [0.2, 0.25) is 0 Å². The standard InChI is InChI=1S/C22H20N2O2/c1-25-20-13-12-17(14-21(20)26-2)22-23-18-10-6-7-11-19(18)24(22)15-16-8-4-3-5-9-16/h3-14H,15H2,1-2H3/p+1. The predicted molar refractivity (Wildman–Crippen MR) is 103 cm³/mol. The molecular formula is C22H21N2O2+. The van der Waals surface area contributed by atoms with E-state index in [-0.39, 0.29) is 0 Å². The van der Waals surface area contributed by atoms with E-state index in [4.69, 9.17) is 9.47 Å². The van der Waals surface area contributed by atoms with Gasteiger partial charge in [0.15, 0.2) is 22.5 Å². The third-order valence-corrected chi connectivity index (χ3v) is 4.56. The van der Waals surface area contributed by atoms with Gasteiger partial charge in [-0.15, -0.1) is 0 Å². The Morgan fingerprint density at radius 1 is 0.808 bits per heavy atom. The number of fused-ring (bicyclic) bond motifs is 1. The summed E-state index contributed by atoms with van der Waals surface area (Å²) in [6.07, 6.45) is 0. The minimum atomic E-state index is 0.718. The lowest BCUT2D eigenvalue weighted by atomic mass is 10.1. The van der Waals surface area contributed by atoms with Crippen LogP contribution in [0, 0.1) is 0 Å². The number of imidazole rings is 1. The number of nitrogens with zero attached hydrogens (tertiary/aromatic N) is 1. The molecule has 0 spiro atoms. The average Bonchev–Trinajstić information content (AvgIpc) is 3.07. The fraction of sp³-hybridized carbons (Fsp3) is 0.136. The van der Waals surface area contributed by atoms with Gasteiger partial charge in [0, 0.05) is 0 Å². The van der Waals surface area contributed by atoms with Crippen molar-refractivity contribution in [3.63, 3.8) is 0 Å². The molecule has 130 valence electrons. The van der Waals surface area contributed by atoms with Gasteiger partial charge in [-0.05, 0) is 35.9 Å². The molecule has 4 rings (SSSR count). The first-order chi connectivity index (χ1) is 12.8. The van der Waals surface area contributed by atoms with Crippen LogP contribution < -0.4 is 14.0 Å². The summed E-state index contributed by atoms with van der Waals surface area (Å²) in [7, 11) is 3.31. The third-order valence-electron chi connectivity index (χ3n) is 4.56. The number of hydrogen-bond donors (Lipinski definition) is 1. The molecule has 0 fully saturated rings. The Morgan fingerprint density at radius 2 is 1.54 bits per heavy atom. The number of H-pyrrole nitrogens is 1. The molecule has 1 N–H and O–H groups in total. The number of aromatic amines is 1. The lowest BCUT2D eigenvalue weighted by Gasteiger charge is -2.08. The Labute approximate surface area is 152 Å². The van der Waals surface area contributed by atoms with E-state index >= 15 is 0 Å². The number of benzene rings is 3. The maximum atomic E-state index is 5.48. The van der Waals surface area contributed by atoms with Crippen LogP contribution >= 0.6 is 0 Å². The third kappa shape index (κ3) is 2.90. The molecule has 1 heterocycles. The van der Waals surface area contributed by atoms with Gasteiger partial charge in [-0.3, -0.25) is 0 Å². The number of para-hydroxylation sites is 2. The summed E-state index contributed by atoms with van der Waals surface area (Å²) in [5, 5.41) is 0. The molecule has 0 saturated heterocycles. The normalized spacial score (nSPS) is 10.8. The zero-order valence-electron chi connectivity index (χ0n) is 14.9. The largest absolute Gasteiger partial charge is 0.493 e. The van der Waals surface area contributed by atoms with Gasteiger partial charge in [-0.25, -0.2) is 9.55 Å². The maximum Gasteiger partial charge on any atom is 0.288 e. The van der Waals surface area contributed by atoms with Crippen LogP contribution in [0.15, 0.2) is 72.8 Å². The van der Waals surface area contributed by atoms with Gasteiger partial charge in [0.2, 0.25) is 0 Å². The molecule has 0 atom stereocenters. The van der Waals surface area contributed by atoms with Crippen LogP contribution in [0.5, 0.6) is 11.5 Å². The summed E-state index contributed by atoms with van der Waals surface area (Å²) in [6, 6.07) is 24.8. The lowest BCUT2D eigenvalue weighted by Crippen LogP contribution is -2.35. The summed E-state index contributed by atoms with van der Waals surface area (Å²) in [4.78, 5) is 3.56. The number of ether oxygens (including phenoxy) is 2. The van der Waals surface area contributed by atoms with Crippen LogP contribution in [0.3, 0.4) is 0 Å². The van der Waals surface area contributed by atoms with Crippen LogP contribution in [0.4, 0.5) is 0 Å². The highest BCUT2D eigenvalue weighted by molar-refractivity contribution is 5.75.